The van der Waals surface area contributed by atoms with E-state index in [0.29, 0.717) is 5.56 Å². The minimum absolute atomic E-state index is 0.123. The molecule has 0 fully saturated rings. The van der Waals surface area contributed by atoms with Crippen LogP contribution in [0.1, 0.15) is 45.0 Å². The van der Waals surface area contributed by atoms with E-state index in [1.807, 2.05) is 17.5 Å². The Hall–Kier alpha value is -3.89. The summed E-state index contributed by atoms with van der Waals surface area (Å²) >= 11 is 7.82. The molecule has 16 heteroatoms. The number of thiophene rings is 2. The van der Waals surface area contributed by atoms with Gasteiger partial charge in [-0.1, -0.05) is 6.07 Å². The van der Waals surface area contributed by atoms with Gasteiger partial charge in [-0.3, -0.25) is 29.3 Å². The molecule has 1 amide bonds. The molecule has 0 saturated carbocycles. The van der Waals surface area contributed by atoms with Gasteiger partial charge in [-0.15, -0.1) is 22.7 Å². The average molecular weight is 629 g/mol. The Morgan fingerprint density at radius 2 is 1.56 bits per heavy atom. The topological polar surface area (TPSA) is 173 Å². The molecule has 2 rings (SSSR count). The van der Waals surface area contributed by atoms with Gasteiger partial charge < -0.3 is 29.0 Å². The first-order valence-corrected chi connectivity index (χ1v) is 14.1. The van der Waals surface area contributed by atoms with Crippen molar-refractivity contribution in [1.82, 2.24) is 5.32 Å². The molecule has 0 aliphatic carbocycles. The van der Waals surface area contributed by atoms with Gasteiger partial charge in [0.2, 0.25) is 6.10 Å². The van der Waals surface area contributed by atoms with Gasteiger partial charge in [0.25, 0.3) is 5.91 Å². The van der Waals surface area contributed by atoms with Crippen molar-refractivity contribution in [1.29, 1.82) is 0 Å². The number of esters is 5. The van der Waals surface area contributed by atoms with Gasteiger partial charge in [-0.2, -0.15) is 0 Å². The van der Waals surface area contributed by atoms with Crippen molar-refractivity contribution in [2.24, 2.45) is 0 Å². The van der Waals surface area contributed by atoms with E-state index < -0.39 is 60.7 Å². The van der Waals surface area contributed by atoms with Gasteiger partial charge >= 0.3 is 29.8 Å². The van der Waals surface area contributed by atoms with E-state index in [9.17, 15) is 28.8 Å². The molecule has 3 unspecified atom stereocenters. The highest BCUT2D eigenvalue weighted by molar-refractivity contribution is 7.80. The number of hydrogen-bond acceptors (Lipinski definition) is 14. The standard InChI is InChI=1S/C25H28N2O11S3/c1-6-34-24(33)19-16(18-8-7-9-40-18)11-41-23(19)27-25(39)26-22(32)21(38-15(5)31)20(37-14(4)30)17(36-13(3)29)10-35-12(2)28/h7-9,11,17,20-21H,6,10H2,1-5H3,(H2,26,27,32,39). The Balaban J connectivity index is 2.37. The largest absolute Gasteiger partial charge is 0.462 e. The van der Waals surface area contributed by atoms with Crippen molar-refractivity contribution >= 4 is 80.8 Å². The fourth-order valence-electron chi connectivity index (χ4n) is 3.37. The van der Waals surface area contributed by atoms with Gasteiger partial charge in [0.05, 0.1) is 6.61 Å². The van der Waals surface area contributed by atoms with E-state index in [1.165, 1.54) is 11.3 Å². The normalized spacial score (nSPS) is 12.6. The van der Waals surface area contributed by atoms with Crippen LogP contribution in [0.5, 0.6) is 0 Å². The second-order valence-electron chi connectivity index (χ2n) is 8.05. The van der Waals surface area contributed by atoms with Gasteiger partial charge in [-0.25, -0.2) is 4.79 Å². The number of anilines is 1. The zero-order valence-corrected chi connectivity index (χ0v) is 25.1. The van der Waals surface area contributed by atoms with Crippen LogP contribution < -0.4 is 10.6 Å². The lowest BCUT2D eigenvalue weighted by atomic mass is 10.1. The van der Waals surface area contributed by atoms with Crippen LogP contribution in [0.3, 0.4) is 0 Å². The van der Waals surface area contributed by atoms with E-state index >= 15 is 0 Å². The fourth-order valence-corrected chi connectivity index (χ4v) is 5.41. The maximum atomic E-state index is 13.3. The van der Waals surface area contributed by atoms with Crippen molar-refractivity contribution in [2.45, 2.75) is 52.9 Å². The lowest BCUT2D eigenvalue weighted by Gasteiger charge is -2.30. The smallest absolute Gasteiger partial charge is 0.341 e. The van der Waals surface area contributed by atoms with Gasteiger partial charge in [-0.05, 0) is 30.6 Å². The van der Waals surface area contributed by atoms with Crippen LogP contribution in [0.2, 0.25) is 0 Å². The van der Waals surface area contributed by atoms with E-state index in [2.05, 4.69) is 10.6 Å². The number of thiocarbonyl (C=S) groups is 1. The molecule has 0 spiro atoms. The van der Waals surface area contributed by atoms with Gasteiger partial charge in [0.1, 0.15) is 17.2 Å². The van der Waals surface area contributed by atoms with Crippen LogP contribution >= 0.6 is 34.9 Å². The molecule has 0 aromatic carbocycles. The molecule has 0 bridgehead atoms. The molecule has 2 aromatic rings. The quantitative estimate of drug-likeness (QED) is 0.200. The number of carbonyl (C=O) groups is 6. The Kier molecular flexibility index (Phi) is 12.8. The molecule has 2 aromatic heterocycles. The second kappa shape index (κ2) is 15.8. The van der Waals surface area contributed by atoms with Crippen LogP contribution in [0.4, 0.5) is 5.00 Å². The number of ether oxygens (including phenoxy) is 5. The first-order chi connectivity index (χ1) is 19.3. The van der Waals surface area contributed by atoms with Crippen molar-refractivity contribution in [3.63, 3.8) is 0 Å². The lowest BCUT2D eigenvalue weighted by Crippen LogP contribution is -2.55. The molecule has 0 saturated heterocycles. The van der Waals surface area contributed by atoms with Crippen LogP contribution in [0.15, 0.2) is 22.9 Å². The zero-order valence-electron chi connectivity index (χ0n) is 22.7. The van der Waals surface area contributed by atoms with Crippen molar-refractivity contribution < 1.29 is 52.5 Å². The molecular weight excluding hydrogens is 600 g/mol. The molecule has 222 valence electrons. The SMILES string of the molecule is CCOC(=O)c1c(-c2cccs2)csc1NC(=S)NC(=O)C(OC(C)=O)C(OC(C)=O)C(COC(C)=O)OC(C)=O. The highest BCUT2D eigenvalue weighted by Crippen LogP contribution is 2.38. The fraction of sp³-hybridized carbons (Fsp3) is 0.400. The van der Waals surface area contributed by atoms with Gasteiger partial charge in [0.15, 0.2) is 17.3 Å². The van der Waals surface area contributed by atoms with Crippen LogP contribution in [0, 0.1) is 0 Å². The summed E-state index contributed by atoms with van der Waals surface area (Å²) in [5.41, 5.74) is 0.795. The highest BCUT2D eigenvalue weighted by Gasteiger charge is 2.42. The number of nitrogens with one attached hydrogen (secondary N) is 2. The monoisotopic (exact) mass is 628 g/mol. The van der Waals surface area contributed by atoms with Crippen LogP contribution in [-0.4, -0.2) is 72.4 Å². The van der Waals surface area contributed by atoms with Crippen molar-refractivity contribution in [3.8, 4) is 10.4 Å². The lowest BCUT2D eigenvalue weighted by molar-refractivity contribution is -0.190. The molecule has 41 heavy (non-hydrogen) atoms. The molecule has 0 aliphatic heterocycles. The maximum absolute atomic E-state index is 13.3. The molecule has 2 heterocycles. The van der Waals surface area contributed by atoms with Crippen molar-refractivity contribution in [3.05, 3.63) is 28.5 Å². The molecule has 0 aliphatic rings. The predicted octanol–water partition coefficient (Wildman–Crippen LogP) is 2.82. The third kappa shape index (κ3) is 10.2. The van der Waals surface area contributed by atoms with E-state index in [4.69, 9.17) is 35.9 Å². The number of carbonyl (C=O) groups excluding carboxylic acids is 6. The summed E-state index contributed by atoms with van der Waals surface area (Å²) in [6, 6.07) is 3.65. The Morgan fingerprint density at radius 3 is 2.10 bits per heavy atom. The summed E-state index contributed by atoms with van der Waals surface area (Å²) in [7, 11) is 0. The third-order valence-electron chi connectivity index (χ3n) is 4.81. The zero-order chi connectivity index (χ0) is 30.7. The van der Waals surface area contributed by atoms with E-state index in [0.717, 1.165) is 43.9 Å². The Bertz CT molecular complexity index is 1290. The molecule has 3 atom stereocenters. The number of hydrogen-bond donors (Lipinski definition) is 2. The minimum atomic E-state index is -1.90. The third-order valence-corrected chi connectivity index (χ3v) is 6.81. The molecular formula is C25H28N2O11S3. The van der Waals surface area contributed by atoms with Gasteiger partial charge in [0, 0.05) is 43.5 Å². The molecule has 0 radical (unpaired) electrons. The molecule has 13 nitrogen and oxygen atoms in total. The first kappa shape index (κ1) is 33.3. The summed E-state index contributed by atoms with van der Waals surface area (Å²) in [5, 5.41) is 8.63. The summed E-state index contributed by atoms with van der Waals surface area (Å²) < 4.78 is 25.5. The van der Waals surface area contributed by atoms with E-state index in [1.54, 1.807) is 12.3 Å². The van der Waals surface area contributed by atoms with E-state index in [-0.39, 0.29) is 22.3 Å². The maximum Gasteiger partial charge on any atom is 0.341 e. The highest BCUT2D eigenvalue weighted by atomic mass is 32.1. The summed E-state index contributed by atoms with van der Waals surface area (Å²) in [6.45, 7) is 5.30. The van der Waals surface area contributed by atoms with Crippen molar-refractivity contribution in [2.75, 3.05) is 18.5 Å². The average Bonchev–Trinajstić information content (AvgIpc) is 3.53. The molecule has 2 N–H and O–H groups in total. The summed E-state index contributed by atoms with van der Waals surface area (Å²) in [4.78, 5) is 73.8. The number of rotatable bonds is 12. The Labute approximate surface area is 248 Å². The Morgan fingerprint density at radius 1 is 0.902 bits per heavy atom. The first-order valence-electron chi connectivity index (χ1n) is 11.9. The minimum Gasteiger partial charge on any atom is -0.462 e. The number of amides is 1. The summed E-state index contributed by atoms with van der Waals surface area (Å²) in [5.74, 6) is -5.16. The van der Waals surface area contributed by atoms with Crippen LogP contribution in [-0.2, 0) is 47.7 Å². The predicted molar refractivity (Wildman–Crippen MR) is 151 cm³/mol. The second-order valence-corrected chi connectivity index (χ2v) is 10.3. The summed E-state index contributed by atoms with van der Waals surface area (Å²) in [6.07, 6.45) is -5.16. The van der Waals surface area contributed by atoms with Crippen LogP contribution in [0.25, 0.3) is 10.4 Å².